The number of esters is 1. The number of benzene rings is 3. The van der Waals surface area contributed by atoms with E-state index in [9.17, 15) is 14.0 Å². The third kappa shape index (κ3) is 6.22. The zero-order valence-electron chi connectivity index (χ0n) is 22.1. The summed E-state index contributed by atoms with van der Waals surface area (Å²) in [5.74, 6) is 0.0978. The van der Waals surface area contributed by atoms with Crippen molar-refractivity contribution in [1.29, 1.82) is 0 Å². The third-order valence-corrected chi connectivity index (χ3v) is 5.86. The van der Waals surface area contributed by atoms with Crippen LogP contribution in [0.4, 0.5) is 4.39 Å². The van der Waals surface area contributed by atoms with Crippen molar-refractivity contribution in [2.75, 3.05) is 54.3 Å². The molecule has 0 amide bonds. The molecule has 0 bridgehead atoms. The Morgan fingerprint density at radius 2 is 1.57 bits per heavy atom. The molecule has 0 aliphatic rings. The summed E-state index contributed by atoms with van der Waals surface area (Å²) < 4.78 is 53.3. The summed E-state index contributed by atoms with van der Waals surface area (Å²) in [5, 5.41) is 1.15. The van der Waals surface area contributed by atoms with Crippen LogP contribution < -0.4 is 30.1 Å². The normalized spacial score (nSPS) is 10.7. The van der Waals surface area contributed by atoms with Gasteiger partial charge in [0.05, 0.1) is 57.2 Å². The molecule has 4 rings (SSSR count). The Balaban J connectivity index is 0.00000441. The second kappa shape index (κ2) is 13.8. The second-order valence-electron chi connectivity index (χ2n) is 8.16. The Morgan fingerprint density at radius 1 is 0.900 bits per heavy atom. The fraction of sp³-hybridized carbons (Fsp3) is 0.286. The first-order valence-electron chi connectivity index (χ1n) is 12.0. The van der Waals surface area contributed by atoms with Gasteiger partial charge < -0.3 is 38.6 Å². The number of ether oxygens (including phenoxy) is 6. The zero-order valence-corrected chi connectivity index (χ0v) is 22.9. The zero-order chi connectivity index (χ0) is 27.9. The van der Waals surface area contributed by atoms with Gasteiger partial charge in [0.25, 0.3) is 0 Å². The van der Waals surface area contributed by atoms with Gasteiger partial charge in [-0.2, -0.15) is 0 Å². The Hall–Kier alpha value is -4.06. The van der Waals surface area contributed by atoms with E-state index < -0.39 is 17.2 Å². The van der Waals surface area contributed by atoms with Crippen molar-refractivity contribution in [2.45, 2.75) is 0 Å². The number of carbonyl (C=O) groups excluding carboxylic acids is 1. The van der Waals surface area contributed by atoms with Gasteiger partial charge in [-0.15, -0.1) is 12.4 Å². The highest BCUT2D eigenvalue weighted by molar-refractivity contribution is 6.13. The summed E-state index contributed by atoms with van der Waals surface area (Å²) in [4.78, 5) is 24.9. The molecule has 0 spiro atoms. The molecule has 3 aromatic carbocycles. The Morgan fingerprint density at radius 3 is 2.23 bits per heavy atom. The second-order valence-corrected chi connectivity index (χ2v) is 8.16. The lowest BCUT2D eigenvalue weighted by molar-refractivity contribution is -0.143. The highest BCUT2D eigenvalue weighted by Gasteiger charge is 2.24. The molecule has 40 heavy (non-hydrogen) atoms. The molecule has 0 fully saturated rings. The van der Waals surface area contributed by atoms with Crippen molar-refractivity contribution >= 4 is 40.1 Å². The molecular formula is C28H29ClFNO9. The average molecular weight is 578 g/mol. The van der Waals surface area contributed by atoms with E-state index in [2.05, 4.69) is 0 Å². The minimum atomic E-state index is -0.541. The van der Waals surface area contributed by atoms with E-state index in [4.69, 9.17) is 38.6 Å². The molecular weight excluding hydrogens is 549 g/mol. The minimum absolute atomic E-state index is 0. The monoisotopic (exact) mass is 577 g/mol. The van der Waals surface area contributed by atoms with Crippen molar-refractivity contribution < 1.29 is 42.0 Å². The Bertz CT molecular complexity index is 1560. The van der Waals surface area contributed by atoms with Crippen molar-refractivity contribution in [3.63, 3.8) is 0 Å². The Labute approximate surface area is 235 Å². The molecule has 10 nitrogen and oxygen atoms in total. The highest BCUT2D eigenvalue weighted by atomic mass is 35.5. The predicted octanol–water partition coefficient (Wildman–Crippen LogP) is 4.10. The molecule has 214 valence electrons. The molecule has 0 atom stereocenters. The topological polar surface area (TPSA) is 129 Å². The van der Waals surface area contributed by atoms with Gasteiger partial charge in [0.2, 0.25) is 11.2 Å². The van der Waals surface area contributed by atoms with Crippen LogP contribution in [0.5, 0.6) is 23.0 Å². The molecule has 0 aliphatic carbocycles. The van der Waals surface area contributed by atoms with E-state index in [1.807, 2.05) is 0 Å². The fourth-order valence-corrected chi connectivity index (χ4v) is 4.12. The fourth-order valence-electron chi connectivity index (χ4n) is 4.12. The van der Waals surface area contributed by atoms with E-state index in [-0.39, 0.29) is 67.9 Å². The van der Waals surface area contributed by atoms with Crippen LogP contribution in [-0.2, 0) is 14.3 Å². The van der Waals surface area contributed by atoms with Crippen LogP contribution in [-0.4, -0.2) is 60.3 Å². The van der Waals surface area contributed by atoms with Crippen molar-refractivity contribution in [1.82, 2.24) is 0 Å². The average Bonchev–Trinajstić information content (AvgIpc) is 2.96. The maximum atomic E-state index is 14.2. The van der Waals surface area contributed by atoms with Crippen LogP contribution in [0.25, 0.3) is 33.1 Å². The summed E-state index contributed by atoms with van der Waals surface area (Å²) in [5.41, 5.74) is 5.17. The highest BCUT2D eigenvalue weighted by Crippen LogP contribution is 2.45. The SMILES string of the molecule is COc1ccc(OC)c2c1c(OC)cc1c(=O)c(OCCOCCOC(=O)CN)c(-c3cccc(F)c3)oc12.Cl. The van der Waals surface area contributed by atoms with Crippen molar-refractivity contribution in [2.24, 2.45) is 5.73 Å². The smallest absolute Gasteiger partial charge is 0.319 e. The van der Waals surface area contributed by atoms with Gasteiger partial charge in [-0.05, 0) is 30.3 Å². The quantitative estimate of drug-likeness (QED) is 0.149. The van der Waals surface area contributed by atoms with Gasteiger partial charge in [0, 0.05) is 5.56 Å². The van der Waals surface area contributed by atoms with E-state index >= 15 is 0 Å². The number of methoxy groups -OCH3 is 3. The summed E-state index contributed by atoms with van der Waals surface area (Å²) in [6.45, 7) is -0.0378. The Kier molecular flexibility index (Phi) is 10.5. The lowest BCUT2D eigenvalue weighted by atomic mass is 10.0. The van der Waals surface area contributed by atoms with Gasteiger partial charge >= 0.3 is 5.97 Å². The maximum Gasteiger partial charge on any atom is 0.319 e. The summed E-state index contributed by atoms with van der Waals surface area (Å²) in [6, 6.07) is 10.6. The standard InChI is InChI=1S/C28H28FNO9.ClH/c1-33-19-7-8-20(34-2)24-23(19)21(35-3)14-18-25(32)28(38-12-10-36-9-11-37-22(31)15-30)26(39-27(18)24)16-5-4-6-17(29)13-16;/h4-8,13-14H,9-12,15,30H2,1-3H3;1H. The number of hydrogen-bond donors (Lipinski definition) is 1. The molecule has 0 saturated heterocycles. The largest absolute Gasteiger partial charge is 0.496 e. The van der Waals surface area contributed by atoms with Crippen LogP contribution >= 0.6 is 12.4 Å². The molecule has 4 aromatic rings. The molecule has 0 aliphatic heterocycles. The molecule has 0 radical (unpaired) electrons. The van der Waals surface area contributed by atoms with Gasteiger partial charge in [-0.25, -0.2) is 4.39 Å². The van der Waals surface area contributed by atoms with Crippen LogP contribution in [0.2, 0.25) is 0 Å². The summed E-state index contributed by atoms with van der Waals surface area (Å²) in [7, 11) is 4.48. The van der Waals surface area contributed by atoms with E-state index in [1.54, 1.807) is 18.2 Å². The number of fused-ring (bicyclic) bond motifs is 3. The lowest BCUT2D eigenvalue weighted by Gasteiger charge is -2.17. The van der Waals surface area contributed by atoms with Gasteiger partial charge in [-0.1, -0.05) is 12.1 Å². The minimum Gasteiger partial charge on any atom is -0.496 e. The first kappa shape index (κ1) is 30.5. The number of halogens is 2. The van der Waals surface area contributed by atoms with Crippen LogP contribution in [0.3, 0.4) is 0 Å². The van der Waals surface area contributed by atoms with E-state index in [0.717, 1.165) is 0 Å². The first-order chi connectivity index (χ1) is 18.9. The molecule has 0 unspecified atom stereocenters. The first-order valence-corrected chi connectivity index (χ1v) is 12.0. The number of hydrogen-bond acceptors (Lipinski definition) is 10. The van der Waals surface area contributed by atoms with Gasteiger partial charge in [-0.3, -0.25) is 9.59 Å². The molecule has 2 N–H and O–H groups in total. The molecule has 1 aromatic heterocycles. The van der Waals surface area contributed by atoms with Crippen LogP contribution in [0.15, 0.2) is 51.7 Å². The molecule has 12 heteroatoms. The van der Waals surface area contributed by atoms with Crippen molar-refractivity contribution in [3.8, 4) is 34.3 Å². The van der Waals surface area contributed by atoms with E-state index in [0.29, 0.717) is 33.6 Å². The number of carbonyl (C=O) groups is 1. The number of nitrogens with two attached hydrogens (primary N) is 1. The lowest BCUT2D eigenvalue weighted by Crippen LogP contribution is -2.20. The van der Waals surface area contributed by atoms with Gasteiger partial charge in [0.1, 0.15) is 36.3 Å². The predicted molar refractivity (Wildman–Crippen MR) is 149 cm³/mol. The molecule has 0 saturated carbocycles. The van der Waals surface area contributed by atoms with Gasteiger partial charge in [0.15, 0.2) is 11.3 Å². The van der Waals surface area contributed by atoms with Crippen LogP contribution in [0.1, 0.15) is 0 Å². The molecule has 1 heterocycles. The third-order valence-electron chi connectivity index (χ3n) is 5.86. The van der Waals surface area contributed by atoms with E-state index in [1.165, 1.54) is 45.6 Å². The summed E-state index contributed by atoms with van der Waals surface area (Å²) in [6.07, 6.45) is 0. The number of rotatable bonds is 12. The summed E-state index contributed by atoms with van der Waals surface area (Å²) >= 11 is 0. The van der Waals surface area contributed by atoms with Crippen LogP contribution in [0, 0.1) is 5.82 Å². The van der Waals surface area contributed by atoms with Crippen molar-refractivity contribution in [3.05, 3.63) is 58.5 Å². The maximum absolute atomic E-state index is 14.2.